The molecule has 0 aliphatic heterocycles. The molecular formula is C22H27N5O3S2. The Morgan fingerprint density at radius 1 is 1.22 bits per heavy atom. The number of rotatable bonds is 9. The van der Waals surface area contributed by atoms with Gasteiger partial charge in [-0.2, -0.15) is 4.98 Å². The number of nitrogens with one attached hydrogen (secondary N) is 1. The van der Waals surface area contributed by atoms with Gasteiger partial charge < -0.3 is 10.2 Å². The number of aromatic nitrogens is 3. The summed E-state index contributed by atoms with van der Waals surface area (Å²) in [7, 11) is 0. The number of thioether (sulfide) groups is 1. The van der Waals surface area contributed by atoms with Gasteiger partial charge in [-0.15, -0.1) is 0 Å². The van der Waals surface area contributed by atoms with Gasteiger partial charge in [-0.05, 0) is 46.8 Å². The first kappa shape index (κ1) is 23.9. The van der Waals surface area contributed by atoms with E-state index in [0.717, 1.165) is 18.2 Å². The lowest BCUT2D eigenvalue weighted by Crippen LogP contribution is -2.25. The van der Waals surface area contributed by atoms with E-state index >= 15 is 0 Å². The van der Waals surface area contributed by atoms with Gasteiger partial charge >= 0.3 is 0 Å². The van der Waals surface area contributed by atoms with Crippen LogP contribution in [0.15, 0.2) is 34.2 Å². The standard InChI is InChI=1S/C22H27N5O3S2/c1-6-26(7-2)21-24-19-18(32-21)20(30)27(13(3)4)22(25-19)31-12-17(29)23-16-10-8-9-15(11-16)14(5)28/h8-11,13H,6-7,12H2,1-5H3,(H,23,29). The van der Waals surface area contributed by atoms with Gasteiger partial charge in [0, 0.05) is 30.4 Å². The quantitative estimate of drug-likeness (QED) is 0.282. The molecule has 0 saturated carbocycles. The zero-order valence-electron chi connectivity index (χ0n) is 18.8. The largest absolute Gasteiger partial charge is 0.349 e. The van der Waals surface area contributed by atoms with E-state index in [2.05, 4.69) is 20.2 Å². The summed E-state index contributed by atoms with van der Waals surface area (Å²) in [4.78, 5) is 48.5. The maximum absolute atomic E-state index is 13.2. The van der Waals surface area contributed by atoms with Crippen molar-refractivity contribution in [2.24, 2.45) is 0 Å². The number of Topliss-reactive ketones (excluding diaryl/α,β-unsaturated/α-hetero) is 1. The van der Waals surface area contributed by atoms with E-state index < -0.39 is 0 Å². The molecule has 32 heavy (non-hydrogen) atoms. The van der Waals surface area contributed by atoms with E-state index in [1.54, 1.807) is 28.8 Å². The number of anilines is 2. The molecule has 0 aliphatic rings. The summed E-state index contributed by atoms with van der Waals surface area (Å²) in [5.74, 6) is -0.245. The van der Waals surface area contributed by atoms with Crippen molar-refractivity contribution in [1.82, 2.24) is 14.5 Å². The Morgan fingerprint density at radius 2 is 1.94 bits per heavy atom. The lowest BCUT2D eigenvalue weighted by atomic mass is 10.1. The van der Waals surface area contributed by atoms with Crippen molar-refractivity contribution < 1.29 is 9.59 Å². The first-order chi connectivity index (χ1) is 15.2. The van der Waals surface area contributed by atoms with Crippen LogP contribution in [-0.4, -0.2) is 45.1 Å². The van der Waals surface area contributed by atoms with E-state index in [4.69, 9.17) is 0 Å². The number of fused-ring (bicyclic) bond motifs is 1. The number of carbonyl (C=O) groups excluding carboxylic acids is 2. The average molecular weight is 474 g/mol. The maximum Gasteiger partial charge on any atom is 0.274 e. The van der Waals surface area contributed by atoms with Crippen molar-refractivity contribution in [2.75, 3.05) is 29.1 Å². The van der Waals surface area contributed by atoms with E-state index in [-0.39, 0.29) is 29.0 Å². The molecule has 1 amide bonds. The van der Waals surface area contributed by atoms with Gasteiger partial charge in [0.1, 0.15) is 4.70 Å². The molecule has 0 unspecified atom stereocenters. The second kappa shape index (κ2) is 10.3. The second-order valence-corrected chi connectivity index (χ2v) is 9.38. The summed E-state index contributed by atoms with van der Waals surface area (Å²) in [5.41, 5.74) is 1.36. The molecule has 2 heterocycles. The molecule has 3 aromatic rings. The van der Waals surface area contributed by atoms with Gasteiger partial charge in [-0.25, -0.2) is 4.98 Å². The molecule has 0 atom stereocenters. The fraction of sp³-hybridized carbons (Fsp3) is 0.409. The van der Waals surface area contributed by atoms with Crippen LogP contribution in [0.1, 0.15) is 51.0 Å². The van der Waals surface area contributed by atoms with Crippen molar-refractivity contribution in [3.05, 3.63) is 40.2 Å². The van der Waals surface area contributed by atoms with Gasteiger partial charge in [0.2, 0.25) is 5.91 Å². The van der Waals surface area contributed by atoms with Crippen LogP contribution in [0.2, 0.25) is 0 Å². The zero-order chi connectivity index (χ0) is 23.4. The molecule has 0 spiro atoms. The summed E-state index contributed by atoms with van der Waals surface area (Å²) >= 11 is 2.55. The first-order valence-electron chi connectivity index (χ1n) is 10.5. The molecular weight excluding hydrogens is 446 g/mol. The number of benzene rings is 1. The zero-order valence-corrected chi connectivity index (χ0v) is 20.5. The van der Waals surface area contributed by atoms with Crippen LogP contribution in [0.3, 0.4) is 0 Å². The third-order valence-electron chi connectivity index (χ3n) is 4.85. The summed E-state index contributed by atoms with van der Waals surface area (Å²) in [6.07, 6.45) is 0. The van der Waals surface area contributed by atoms with E-state index in [0.29, 0.717) is 26.8 Å². The van der Waals surface area contributed by atoms with Gasteiger partial charge in [0.05, 0.1) is 5.75 Å². The molecule has 10 heteroatoms. The van der Waals surface area contributed by atoms with Crippen LogP contribution in [0.25, 0.3) is 10.3 Å². The van der Waals surface area contributed by atoms with Crippen LogP contribution in [-0.2, 0) is 4.79 Å². The normalized spacial score (nSPS) is 11.2. The minimum absolute atomic E-state index is 0.0683. The van der Waals surface area contributed by atoms with Gasteiger partial charge in [-0.1, -0.05) is 35.2 Å². The molecule has 0 bridgehead atoms. The summed E-state index contributed by atoms with van der Waals surface area (Å²) < 4.78 is 2.14. The first-order valence-corrected chi connectivity index (χ1v) is 12.3. The van der Waals surface area contributed by atoms with Crippen molar-refractivity contribution in [1.29, 1.82) is 0 Å². The van der Waals surface area contributed by atoms with Gasteiger partial charge in [0.15, 0.2) is 21.7 Å². The van der Waals surface area contributed by atoms with E-state index in [1.165, 1.54) is 30.0 Å². The Hall–Kier alpha value is -2.72. The third kappa shape index (κ3) is 5.18. The minimum atomic E-state index is -0.248. The fourth-order valence-electron chi connectivity index (χ4n) is 3.19. The van der Waals surface area contributed by atoms with Crippen LogP contribution >= 0.6 is 23.1 Å². The number of hydrogen-bond donors (Lipinski definition) is 1. The van der Waals surface area contributed by atoms with Crippen LogP contribution in [0.5, 0.6) is 0 Å². The van der Waals surface area contributed by atoms with E-state index in [1.807, 2.05) is 27.7 Å². The number of hydrogen-bond acceptors (Lipinski definition) is 8. The maximum atomic E-state index is 13.2. The van der Waals surface area contributed by atoms with Crippen molar-refractivity contribution in [2.45, 2.75) is 45.8 Å². The summed E-state index contributed by atoms with van der Waals surface area (Å²) in [5, 5.41) is 4.03. The Labute approximate surface area is 195 Å². The van der Waals surface area contributed by atoms with Crippen LogP contribution in [0, 0.1) is 0 Å². The molecule has 0 aliphatic carbocycles. The molecule has 1 N–H and O–H groups in total. The highest BCUT2D eigenvalue weighted by molar-refractivity contribution is 7.99. The Morgan fingerprint density at radius 3 is 2.56 bits per heavy atom. The topological polar surface area (TPSA) is 97.2 Å². The predicted octanol–water partition coefficient (Wildman–Crippen LogP) is 4.21. The lowest BCUT2D eigenvalue weighted by Gasteiger charge is -2.15. The molecule has 3 rings (SSSR count). The molecule has 170 valence electrons. The number of ketones is 1. The number of nitrogens with zero attached hydrogens (tertiary/aromatic N) is 4. The van der Waals surface area contributed by atoms with Crippen molar-refractivity contribution in [3.63, 3.8) is 0 Å². The van der Waals surface area contributed by atoms with Gasteiger partial charge in [-0.3, -0.25) is 19.0 Å². The molecule has 0 radical (unpaired) electrons. The fourth-order valence-corrected chi connectivity index (χ4v) is 5.17. The number of thiazole rings is 1. The van der Waals surface area contributed by atoms with Crippen molar-refractivity contribution >= 4 is 56.0 Å². The molecule has 8 nitrogen and oxygen atoms in total. The highest BCUT2D eigenvalue weighted by Gasteiger charge is 2.20. The Balaban J connectivity index is 1.85. The minimum Gasteiger partial charge on any atom is -0.349 e. The highest BCUT2D eigenvalue weighted by atomic mass is 32.2. The summed E-state index contributed by atoms with van der Waals surface area (Å²) in [6, 6.07) is 6.68. The predicted molar refractivity (Wildman–Crippen MR) is 131 cm³/mol. The second-order valence-electron chi connectivity index (χ2n) is 7.46. The molecule has 0 fully saturated rings. The molecule has 2 aromatic heterocycles. The smallest absolute Gasteiger partial charge is 0.274 e. The highest BCUT2D eigenvalue weighted by Crippen LogP contribution is 2.28. The Kier molecular flexibility index (Phi) is 7.68. The number of amides is 1. The van der Waals surface area contributed by atoms with Crippen LogP contribution < -0.4 is 15.8 Å². The van der Waals surface area contributed by atoms with Gasteiger partial charge in [0.25, 0.3) is 5.56 Å². The monoisotopic (exact) mass is 473 g/mol. The molecule has 0 saturated heterocycles. The SMILES string of the molecule is CCN(CC)c1nc2nc(SCC(=O)Nc3cccc(C(C)=O)c3)n(C(C)C)c(=O)c2s1. The number of carbonyl (C=O) groups is 2. The van der Waals surface area contributed by atoms with Crippen molar-refractivity contribution in [3.8, 4) is 0 Å². The van der Waals surface area contributed by atoms with Crippen LogP contribution in [0.4, 0.5) is 10.8 Å². The Bertz CT molecular complexity index is 1200. The van der Waals surface area contributed by atoms with E-state index in [9.17, 15) is 14.4 Å². The average Bonchev–Trinajstić information content (AvgIpc) is 3.17. The lowest BCUT2D eigenvalue weighted by molar-refractivity contribution is -0.113. The summed E-state index contributed by atoms with van der Waals surface area (Å²) in [6.45, 7) is 11.0. The third-order valence-corrected chi connectivity index (χ3v) is 6.90. The molecule has 1 aromatic carbocycles.